The summed E-state index contributed by atoms with van der Waals surface area (Å²) in [6.45, 7) is 1.67. The fourth-order valence-corrected chi connectivity index (χ4v) is 5.19. The summed E-state index contributed by atoms with van der Waals surface area (Å²) in [6, 6.07) is 16.4. The lowest BCUT2D eigenvalue weighted by Gasteiger charge is -2.48. The molecule has 2 aliphatic heterocycles. The van der Waals surface area contributed by atoms with Crippen LogP contribution in [0.25, 0.3) is 0 Å². The summed E-state index contributed by atoms with van der Waals surface area (Å²) < 4.78 is 12.2. The van der Waals surface area contributed by atoms with Crippen LogP contribution in [0.1, 0.15) is 23.5 Å². The smallest absolute Gasteiger partial charge is 0.244 e. The topological polar surface area (TPSA) is 114 Å². The van der Waals surface area contributed by atoms with Crippen LogP contribution in [-0.2, 0) is 15.3 Å². The van der Waals surface area contributed by atoms with Crippen molar-refractivity contribution in [3.63, 3.8) is 0 Å². The quantitative estimate of drug-likeness (QED) is 0.784. The molecule has 2 saturated heterocycles. The second-order valence-electron chi connectivity index (χ2n) is 6.79. The van der Waals surface area contributed by atoms with Crippen molar-refractivity contribution in [2.75, 3.05) is 0 Å². The molecule has 4 atom stereocenters. The summed E-state index contributed by atoms with van der Waals surface area (Å²) in [4.78, 5) is 0.617. The van der Waals surface area contributed by atoms with Gasteiger partial charge in [0.25, 0.3) is 0 Å². The summed E-state index contributed by atoms with van der Waals surface area (Å²) in [6.07, 6.45) is -1.06. The van der Waals surface area contributed by atoms with Gasteiger partial charge in [-0.05, 0) is 23.6 Å². The predicted octanol–water partition coefficient (Wildman–Crippen LogP) is 4.51. The van der Waals surface area contributed by atoms with E-state index in [0.29, 0.717) is 15.5 Å². The first-order chi connectivity index (χ1) is 13.4. The molecule has 4 unspecified atom stereocenters. The van der Waals surface area contributed by atoms with Gasteiger partial charge in [-0.2, -0.15) is 15.8 Å². The molecule has 0 spiro atoms. The summed E-state index contributed by atoms with van der Waals surface area (Å²) >= 11 is 7.33. The highest BCUT2D eigenvalue weighted by Crippen LogP contribution is 2.69. The number of ether oxygens (including phenoxy) is 2. The van der Waals surface area contributed by atoms with E-state index in [2.05, 4.69) is 6.07 Å². The second-order valence-corrected chi connectivity index (χ2v) is 8.21. The summed E-state index contributed by atoms with van der Waals surface area (Å²) in [5.74, 6) is -2.70. The van der Waals surface area contributed by atoms with Crippen molar-refractivity contribution < 1.29 is 9.47 Å². The molecule has 2 fully saturated rings. The molecular weight excluding hydrogens is 396 g/mol. The number of rotatable bonds is 2. The molecular formula is C20H13ClN4O2S. The molecule has 0 saturated carbocycles. The normalized spacial score (nSPS) is 32.6. The average Bonchev–Trinajstić information content (AvgIpc) is 3.28. The lowest BCUT2D eigenvalue weighted by Crippen LogP contribution is -2.57. The molecule has 0 aliphatic carbocycles. The molecule has 4 rings (SSSR count). The van der Waals surface area contributed by atoms with E-state index in [4.69, 9.17) is 26.5 Å². The molecule has 1 aromatic heterocycles. The Hall–Kier alpha value is -2.89. The van der Waals surface area contributed by atoms with Gasteiger partial charge in [0.1, 0.15) is 6.10 Å². The van der Waals surface area contributed by atoms with Crippen LogP contribution >= 0.6 is 22.9 Å². The predicted molar refractivity (Wildman–Crippen MR) is 101 cm³/mol. The van der Waals surface area contributed by atoms with Crippen LogP contribution in [0.2, 0.25) is 5.02 Å². The van der Waals surface area contributed by atoms with Crippen molar-refractivity contribution in [1.29, 1.82) is 21.2 Å². The lowest BCUT2D eigenvalue weighted by molar-refractivity contribution is -0.287. The van der Waals surface area contributed by atoms with Gasteiger partial charge in [-0.3, -0.25) is 5.41 Å². The average molecular weight is 409 g/mol. The summed E-state index contributed by atoms with van der Waals surface area (Å²) in [5, 5.41) is 41.2. The number of hydrogen-bond donors (Lipinski definition) is 1. The number of halogens is 1. The van der Waals surface area contributed by atoms with Gasteiger partial charge in [0.05, 0.1) is 24.1 Å². The van der Waals surface area contributed by atoms with Gasteiger partial charge in [0.15, 0.2) is 5.41 Å². The molecule has 2 aliphatic rings. The van der Waals surface area contributed by atoms with E-state index in [0.717, 1.165) is 0 Å². The Morgan fingerprint density at radius 1 is 1.11 bits per heavy atom. The van der Waals surface area contributed by atoms with E-state index in [-0.39, 0.29) is 0 Å². The standard InChI is InChI=1S/C20H13ClN4O2S/c1-12-19(11-24)17(25)27-20(12,13-4-6-14(21)7-5-13)26-16(15-3-2-8-28-15)18(19,9-22)10-23/h2-8,12,16,25H,1H3. The van der Waals surface area contributed by atoms with Crippen LogP contribution < -0.4 is 0 Å². The molecule has 1 N–H and O–H groups in total. The first-order valence-corrected chi connectivity index (χ1v) is 9.66. The molecule has 28 heavy (non-hydrogen) atoms. The third-order valence-corrected chi connectivity index (χ3v) is 6.88. The minimum absolute atomic E-state index is 0.431. The van der Waals surface area contributed by atoms with E-state index in [9.17, 15) is 15.8 Å². The van der Waals surface area contributed by atoms with Crippen molar-refractivity contribution in [1.82, 2.24) is 0 Å². The number of nitrogens with zero attached hydrogens (tertiary/aromatic N) is 3. The number of thiophene rings is 1. The van der Waals surface area contributed by atoms with Crippen molar-refractivity contribution in [2.24, 2.45) is 16.7 Å². The lowest BCUT2D eigenvalue weighted by atomic mass is 9.54. The maximum atomic E-state index is 10.2. The van der Waals surface area contributed by atoms with Crippen molar-refractivity contribution >= 4 is 28.8 Å². The fraction of sp³-hybridized carbons (Fsp3) is 0.300. The molecule has 0 amide bonds. The Bertz CT molecular complexity index is 1070. The largest absolute Gasteiger partial charge is 0.443 e. The zero-order valence-corrected chi connectivity index (χ0v) is 16.2. The molecule has 6 nitrogen and oxygen atoms in total. The van der Waals surface area contributed by atoms with Crippen molar-refractivity contribution in [2.45, 2.75) is 18.8 Å². The number of fused-ring (bicyclic) bond motifs is 2. The third-order valence-electron chi connectivity index (χ3n) is 5.72. The van der Waals surface area contributed by atoms with Crippen LogP contribution in [0.4, 0.5) is 0 Å². The van der Waals surface area contributed by atoms with Crippen LogP contribution in [0, 0.1) is 56.2 Å². The van der Waals surface area contributed by atoms with E-state index in [1.54, 1.807) is 48.7 Å². The minimum Gasteiger partial charge on any atom is -0.443 e. The van der Waals surface area contributed by atoms with Crippen molar-refractivity contribution in [3.05, 3.63) is 57.2 Å². The molecule has 0 radical (unpaired) electrons. The molecule has 2 bridgehead atoms. The number of nitrogens with one attached hydrogen (secondary N) is 1. The monoisotopic (exact) mass is 408 g/mol. The summed E-state index contributed by atoms with van der Waals surface area (Å²) in [7, 11) is 0. The number of nitriles is 3. The van der Waals surface area contributed by atoms with Gasteiger partial charge >= 0.3 is 0 Å². The van der Waals surface area contributed by atoms with Crippen molar-refractivity contribution in [3.8, 4) is 18.2 Å². The fourth-order valence-electron chi connectivity index (χ4n) is 4.24. The Kier molecular flexibility index (Phi) is 4.00. The van der Waals surface area contributed by atoms with Crippen LogP contribution in [0.15, 0.2) is 41.8 Å². The van der Waals surface area contributed by atoms with E-state index in [1.807, 2.05) is 12.1 Å². The zero-order chi connectivity index (χ0) is 20.2. The van der Waals surface area contributed by atoms with Gasteiger partial charge in [-0.1, -0.05) is 36.7 Å². The zero-order valence-electron chi connectivity index (χ0n) is 14.6. The highest BCUT2D eigenvalue weighted by molar-refractivity contribution is 7.10. The van der Waals surface area contributed by atoms with Gasteiger partial charge in [-0.15, -0.1) is 11.3 Å². The Labute approximate surface area is 170 Å². The molecule has 138 valence electrons. The highest BCUT2D eigenvalue weighted by Gasteiger charge is 2.79. The SMILES string of the molecule is CC1C2(c3ccc(Cl)cc3)OC(=N)C1(C#N)C(C#N)(C#N)C(c1cccs1)O2. The Morgan fingerprint density at radius 3 is 2.32 bits per heavy atom. The summed E-state index contributed by atoms with van der Waals surface area (Å²) in [5.41, 5.74) is -3.16. The van der Waals surface area contributed by atoms with E-state index in [1.165, 1.54) is 11.3 Å². The van der Waals surface area contributed by atoms with Crippen LogP contribution in [0.5, 0.6) is 0 Å². The maximum absolute atomic E-state index is 10.2. The Morgan fingerprint density at radius 2 is 1.79 bits per heavy atom. The van der Waals surface area contributed by atoms with Gasteiger partial charge in [0.2, 0.25) is 17.1 Å². The van der Waals surface area contributed by atoms with Crippen LogP contribution in [0.3, 0.4) is 0 Å². The number of hydrogen-bond acceptors (Lipinski definition) is 7. The van der Waals surface area contributed by atoms with Gasteiger partial charge < -0.3 is 9.47 Å². The molecule has 8 heteroatoms. The molecule has 1 aromatic carbocycles. The third kappa shape index (κ3) is 1.95. The highest BCUT2D eigenvalue weighted by atomic mass is 35.5. The second kappa shape index (κ2) is 6.06. The Balaban J connectivity index is 2.04. The minimum atomic E-state index is -1.93. The molecule has 2 aromatic rings. The first-order valence-electron chi connectivity index (χ1n) is 8.41. The van der Waals surface area contributed by atoms with E-state index >= 15 is 0 Å². The van der Waals surface area contributed by atoms with E-state index < -0.39 is 34.5 Å². The van der Waals surface area contributed by atoms with Crippen LogP contribution in [-0.4, -0.2) is 5.90 Å². The van der Waals surface area contributed by atoms with Gasteiger partial charge in [-0.25, -0.2) is 0 Å². The maximum Gasteiger partial charge on any atom is 0.244 e. The van der Waals surface area contributed by atoms with Gasteiger partial charge in [0, 0.05) is 15.5 Å². The first kappa shape index (κ1) is 18.5. The number of benzene rings is 1. The molecule has 3 heterocycles.